The number of hydrogen-bond acceptors (Lipinski definition) is 4. The topological polar surface area (TPSA) is 48.7 Å². The molecule has 0 radical (unpaired) electrons. The predicted molar refractivity (Wildman–Crippen MR) is 68.3 cm³/mol. The standard InChI is InChI=1S/C11H8BrN3S/c12-9-2-1-8(4-13)11(3-9)14-5-10-6-16-7-15-10/h1-3,6-7,14H,5H2. The number of anilines is 1. The first-order chi connectivity index (χ1) is 7.79. The third kappa shape index (κ3) is 2.60. The number of benzene rings is 1. The van der Waals surface area contributed by atoms with Crippen LogP contribution in [0.15, 0.2) is 33.6 Å². The Morgan fingerprint density at radius 1 is 1.50 bits per heavy atom. The summed E-state index contributed by atoms with van der Waals surface area (Å²) in [5.41, 5.74) is 4.24. The van der Waals surface area contributed by atoms with Gasteiger partial charge in [-0.2, -0.15) is 5.26 Å². The van der Waals surface area contributed by atoms with Crippen LogP contribution in [0.25, 0.3) is 0 Å². The number of rotatable bonds is 3. The molecule has 0 fully saturated rings. The minimum absolute atomic E-state index is 0.634. The molecule has 0 bridgehead atoms. The first-order valence-electron chi connectivity index (χ1n) is 4.60. The maximum Gasteiger partial charge on any atom is 0.101 e. The average molecular weight is 294 g/mol. The largest absolute Gasteiger partial charge is 0.378 e. The summed E-state index contributed by atoms with van der Waals surface area (Å²) < 4.78 is 0.951. The second kappa shape index (κ2) is 5.10. The summed E-state index contributed by atoms with van der Waals surface area (Å²) in [4.78, 5) is 4.17. The number of aromatic nitrogens is 1. The van der Waals surface area contributed by atoms with Crippen LogP contribution < -0.4 is 5.32 Å². The number of nitriles is 1. The molecular formula is C11H8BrN3S. The molecule has 80 valence electrons. The van der Waals surface area contributed by atoms with Crippen molar-refractivity contribution in [3.63, 3.8) is 0 Å². The Morgan fingerprint density at radius 3 is 3.06 bits per heavy atom. The summed E-state index contributed by atoms with van der Waals surface area (Å²) >= 11 is 4.94. The summed E-state index contributed by atoms with van der Waals surface area (Å²) in [6.07, 6.45) is 0. The van der Waals surface area contributed by atoms with Crippen molar-refractivity contribution in [1.82, 2.24) is 4.98 Å². The van der Waals surface area contributed by atoms with Gasteiger partial charge in [-0.05, 0) is 18.2 Å². The summed E-state index contributed by atoms with van der Waals surface area (Å²) in [6.45, 7) is 0.634. The van der Waals surface area contributed by atoms with Crippen molar-refractivity contribution in [3.05, 3.63) is 44.8 Å². The van der Waals surface area contributed by atoms with Crippen LogP contribution in [0.3, 0.4) is 0 Å². The van der Waals surface area contributed by atoms with Gasteiger partial charge < -0.3 is 5.32 Å². The SMILES string of the molecule is N#Cc1ccc(Br)cc1NCc1cscn1. The highest BCUT2D eigenvalue weighted by Gasteiger charge is 2.02. The van der Waals surface area contributed by atoms with Crippen LogP contribution in [0.1, 0.15) is 11.3 Å². The first kappa shape index (κ1) is 11.1. The Bertz CT molecular complexity index is 517. The molecular weight excluding hydrogens is 286 g/mol. The maximum absolute atomic E-state index is 8.95. The molecule has 2 rings (SSSR count). The third-order valence-electron chi connectivity index (χ3n) is 2.05. The van der Waals surface area contributed by atoms with E-state index >= 15 is 0 Å². The van der Waals surface area contributed by atoms with Gasteiger partial charge in [-0.25, -0.2) is 4.98 Å². The minimum atomic E-state index is 0.634. The lowest BCUT2D eigenvalue weighted by molar-refractivity contribution is 1.07. The van der Waals surface area contributed by atoms with E-state index in [4.69, 9.17) is 5.26 Å². The van der Waals surface area contributed by atoms with E-state index in [2.05, 4.69) is 32.3 Å². The monoisotopic (exact) mass is 293 g/mol. The fourth-order valence-electron chi connectivity index (χ4n) is 1.27. The summed E-state index contributed by atoms with van der Waals surface area (Å²) in [6, 6.07) is 7.68. The van der Waals surface area contributed by atoms with Crippen LogP contribution in [0, 0.1) is 11.3 Å². The van der Waals surface area contributed by atoms with Gasteiger partial charge in [-0.1, -0.05) is 15.9 Å². The molecule has 0 saturated carbocycles. The Morgan fingerprint density at radius 2 is 2.38 bits per heavy atom. The Kier molecular flexibility index (Phi) is 3.54. The molecule has 1 aromatic carbocycles. The fourth-order valence-corrected chi connectivity index (χ4v) is 2.19. The molecule has 0 saturated heterocycles. The van der Waals surface area contributed by atoms with Crippen molar-refractivity contribution >= 4 is 33.0 Å². The molecule has 0 atom stereocenters. The summed E-state index contributed by atoms with van der Waals surface area (Å²) in [7, 11) is 0. The molecule has 5 heteroatoms. The zero-order valence-electron chi connectivity index (χ0n) is 8.27. The summed E-state index contributed by atoms with van der Waals surface area (Å²) in [5.74, 6) is 0. The quantitative estimate of drug-likeness (QED) is 0.944. The second-order valence-electron chi connectivity index (χ2n) is 3.14. The van der Waals surface area contributed by atoms with Crippen LogP contribution in [0.5, 0.6) is 0 Å². The van der Waals surface area contributed by atoms with Gasteiger partial charge in [0, 0.05) is 9.85 Å². The first-order valence-corrected chi connectivity index (χ1v) is 6.34. The number of hydrogen-bond donors (Lipinski definition) is 1. The van der Waals surface area contributed by atoms with Crippen molar-refractivity contribution in [2.24, 2.45) is 0 Å². The van der Waals surface area contributed by atoms with E-state index < -0.39 is 0 Å². The molecule has 16 heavy (non-hydrogen) atoms. The molecule has 0 unspecified atom stereocenters. The van der Waals surface area contributed by atoms with E-state index in [1.54, 1.807) is 22.9 Å². The molecule has 1 aromatic heterocycles. The van der Waals surface area contributed by atoms with Crippen LogP contribution in [-0.4, -0.2) is 4.98 Å². The lowest BCUT2D eigenvalue weighted by atomic mass is 10.2. The van der Waals surface area contributed by atoms with Gasteiger partial charge in [-0.15, -0.1) is 11.3 Å². The highest BCUT2D eigenvalue weighted by molar-refractivity contribution is 9.10. The lowest BCUT2D eigenvalue weighted by Crippen LogP contribution is -2.01. The van der Waals surface area contributed by atoms with Crippen molar-refractivity contribution < 1.29 is 0 Å². The molecule has 0 aliphatic rings. The maximum atomic E-state index is 8.95. The van der Waals surface area contributed by atoms with Gasteiger partial charge in [0.1, 0.15) is 6.07 Å². The van der Waals surface area contributed by atoms with Crippen LogP contribution in [0.2, 0.25) is 0 Å². The van der Waals surface area contributed by atoms with Gasteiger partial charge in [0.2, 0.25) is 0 Å². The highest BCUT2D eigenvalue weighted by atomic mass is 79.9. The van der Waals surface area contributed by atoms with E-state index in [-0.39, 0.29) is 0 Å². The number of nitrogens with zero attached hydrogens (tertiary/aromatic N) is 2. The van der Waals surface area contributed by atoms with Gasteiger partial charge in [0.15, 0.2) is 0 Å². The molecule has 0 aliphatic heterocycles. The van der Waals surface area contributed by atoms with Crippen LogP contribution in [-0.2, 0) is 6.54 Å². The smallest absolute Gasteiger partial charge is 0.101 e. The van der Waals surface area contributed by atoms with Crippen LogP contribution in [0.4, 0.5) is 5.69 Å². The predicted octanol–water partition coefficient (Wildman–Crippen LogP) is 3.39. The van der Waals surface area contributed by atoms with E-state index in [1.165, 1.54) is 0 Å². The van der Waals surface area contributed by atoms with E-state index in [0.717, 1.165) is 15.9 Å². The normalized spacial score (nSPS) is 9.75. The third-order valence-corrected chi connectivity index (χ3v) is 3.17. The number of thiazole rings is 1. The van der Waals surface area contributed by atoms with Crippen molar-refractivity contribution in [3.8, 4) is 6.07 Å². The molecule has 2 aromatic rings. The number of nitrogens with one attached hydrogen (secondary N) is 1. The van der Waals surface area contributed by atoms with Crippen LogP contribution >= 0.6 is 27.3 Å². The van der Waals surface area contributed by atoms with E-state index in [0.29, 0.717) is 12.1 Å². The second-order valence-corrected chi connectivity index (χ2v) is 4.77. The Hall–Kier alpha value is -1.38. The lowest BCUT2D eigenvalue weighted by Gasteiger charge is -2.06. The highest BCUT2D eigenvalue weighted by Crippen LogP contribution is 2.21. The van der Waals surface area contributed by atoms with Gasteiger partial charge >= 0.3 is 0 Å². The van der Waals surface area contributed by atoms with Gasteiger partial charge in [0.25, 0.3) is 0 Å². The molecule has 0 spiro atoms. The van der Waals surface area contributed by atoms with Crippen molar-refractivity contribution in [1.29, 1.82) is 5.26 Å². The average Bonchev–Trinajstić information content (AvgIpc) is 2.79. The Labute approximate surface area is 106 Å². The zero-order valence-corrected chi connectivity index (χ0v) is 10.7. The Balaban J connectivity index is 2.15. The van der Waals surface area contributed by atoms with Crippen molar-refractivity contribution in [2.75, 3.05) is 5.32 Å². The van der Waals surface area contributed by atoms with E-state index in [1.807, 2.05) is 17.5 Å². The zero-order chi connectivity index (χ0) is 11.4. The minimum Gasteiger partial charge on any atom is -0.378 e. The van der Waals surface area contributed by atoms with Gasteiger partial charge in [0.05, 0.1) is 29.0 Å². The molecule has 0 amide bonds. The molecule has 1 N–H and O–H groups in total. The fraction of sp³-hybridized carbons (Fsp3) is 0.0909. The molecule has 1 heterocycles. The molecule has 3 nitrogen and oxygen atoms in total. The molecule has 0 aliphatic carbocycles. The van der Waals surface area contributed by atoms with Crippen molar-refractivity contribution in [2.45, 2.75) is 6.54 Å². The van der Waals surface area contributed by atoms with E-state index in [9.17, 15) is 0 Å². The number of halogens is 1. The van der Waals surface area contributed by atoms with Gasteiger partial charge in [-0.3, -0.25) is 0 Å². The summed E-state index contributed by atoms with van der Waals surface area (Å²) in [5, 5.41) is 14.1.